The van der Waals surface area contributed by atoms with E-state index in [1.807, 2.05) is 36.1 Å². The molecule has 116 valence electrons. The number of benzene rings is 1. The molecule has 0 spiro atoms. The van der Waals surface area contributed by atoms with Gasteiger partial charge in [-0.1, -0.05) is 42.0 Å². The summed E-state index contributed by atoms with van der Waals surface area (Å²) >= 11 is 0. The van der Waals surface area contributed by atoms with Crippen LogP contribution in [0.15, 0.2) is 36.4 Å². The molecule has 2 aliphatic rings. The van der Waals surface area contributed by atoms with Crippen LogP contribution in [0.2, 0.25) is 0 Å². The van der Waals surface area contributed by atoms with E-state index in [9.17, 15) is 9.59 Å². The van der Waals surface area contributed by atoms with E-state index >= 15 is 0 Å². The normalized spacial score (nSPS) is 23.4. The van der Waals surface area contributed by atoms with Gasteiger partial charge in [0.15, 0.2) is 5.78 Å². The third-order valence-corrected chi connectivity index (χ3v) is 4.91. The van der Waals surface area contributed by atoms with Crippen molar-refractivity contribution in [2.45, 2.75) is 32.6 Å². The minimum atomic E-state index is 0.0617. The molecule has 1 saturated heterocycles. The summed E-state index contributed by atoms with van der Waals surface area (Å²) in [5.41, 5.74) is 1.85. The zero-order valence-electron chi connectivity index (χ0n) is 13.1. The Morgan fingerprint density at radius 3 is 2.18 bits per heavy atom. The number of aryl methyl sites for hydroxylation is 1. The van der Waals surface area contributed by atoms with Crippen molar-refractivity contribution >= 4 is 11.7 Å². The predicted octanol–water partition coefficient (Wildman–Crippen LogP) is 3.38. The SMILES string of the molecule is Cc1ccc(C(=O)CCC(=O)N2CC3CC=CCC3C2)cc1. The minimum Gasteiger partial charge on any atom is -0.342 e. The lowest BCUT2D eigenvalue weighted by molar-refractivity contribution is -0.130. The molecule has 22 heavy (non-hydrogen) atoms. The number of Topliss-reactive ketones (excluding diaryl/α,β-unsaturated/α-hetero) is 1. The highest BCUT2D eigenvalue weighted by Gasteiger charge is 2.34. The molecule has 1 fully saturated rings. The monoisotopic (exact) mass is 297 g/mol. The standard InChI is InChI=1S/C19H23NO2/c1-14-6-8-15(9-7-14)18(21)10-11-19(22)20-12-16-4-2-3-5-17(16)13-20/h2-3,6-9,16-17H,4-5,10-13H2,1H3. The van der Waals surface area contributed by atoms with Gasteiger partial charge in [0.05, 0.1) is 0 Å². The van der Waals surface area contributed by atoms with Gasteiger partial charge in [-0.3, -0.25) is 9.59 Å². The van der Waals surface area contributed by atoms with Crippen LogP contribution in [-0.4, -0.2) is 29.7 Å². The van der Waals surface area contributed by atoms with Crippen LogP contribution in [0.4, 0.5) is 0 Å². The second-order valence-electron chi connectivity index (χ2n) is 6.55. The lowest BCUT2D eigenvalue weighted by atomic mass is 9.86. The predicted molar refractivity (Wildman–Crippen MR) is 86.7 cm³/mol. The third kappa shape index (κ3) is 3.29. The molecule has 1 heterocycles. The van der Waals surface area contributed by atoms with E-state index < -0.39 is 0 Å². The summed E-state index contributed by atoms with van der Waals surface area (Å²) in [4.78, 5) is 26.4. The number of ketones is 1. The van der Waals surface area contributed by atoms with Gasteiger partial charge in [0.2, 0.25) is 5.91 Å². The van der Waals surface area contributed by atoms with Gasteiger partial charge in [0, 0.05) is 31.5 Å². The Bertz CT molecular complexity index is 572. The van der Waals surface area contributed by atoms with Crippen molar-refractivity contribution in [3.63, 3.8) is 0 Å². The van der Waals surface area contributed by atoms with Crippen LogP contribution in [0.3, 0.4) is 0 Å². The molecule has 0 aromatic heterocycles. The molecule has 1 aliphatic carbocycles. The van der Waals surface area contributed by atoms with Gasteiger partial charge in [-0.05, 0) is 31.6 Å². The second-order valence-corrected chi connectivity index (χ2v) is 6.55. The van der Waals surface area contributed by atoms with Crippen molar-refractivity contribution in [1.29, 1.82) is 0 Å². The number of likely N-dealkylation sites (tertiary alicyclic amines) is 1. The summed E-state index contributed by atoms with van der Waals surface area (Å²) < 4.78 is 0. The Labute approximate surface area is 132 Å². The van der Waals surface area contributed by atoms with Crippen LogP contribution in [-0.2, 0) is 4.79 Å². The largest absolute Gasteiger partial charge is 0.342 e. The molecule has 3 heteroatoms. The maximum absolute atomic E-state index is 12.3. The molecule has 1 aromatic rings. The molecule has 3 rings (SSSR count). The summed E-state index contributed by atoms with van der Waals surface area (Å²) in [5.74, 6) is 1.45. The summed E-state index contributed by atoms with van der Waals surface area (Å²) in [6.07, 6.45) is 7.30. The average Bonchev–Trinajstić information content (AvgIpc) is 2.97. The van der Waals surface area contributed by atoms with Gasteiger partial charge >= 0.3 is 0 Å². The molecule has 1 aromatic carbocycles. The molecule has 2 unspecified atom stereocenters. The number of carbonyl (C=O) groups is 2. The number of fused-ring (bicyclic) bond motifs is 1. The van der Waals surface area contributed by atoms with Crippen LogP contribution < -0.4 is 0 Å². The number of carbonyl (C=O) groups excluding carboxylic acids is 2. The van der Waals surface area contributed by atoms with Crippen molar-refractivity contribution in [2.75, 3.05) is 13.1 Å². The van der Waals surface area contributed by atoms with Crippen molar-refractivity contribution in [3.8, 4) is 0 Å². The fourth-order valence-corrected chi connectivity index (χ4v) is 3.48. The Morgan fingerprint density at radius 2 is 1.59 bits per heavy atom. The maximum atomic E-state index is 12.3. The smallest absolute Gasteiger partial charge is 0.223 e. The molecule has 1 amide bonds. The topological polar surface area (TPSA) is 37.4 Å². The number of rotatable bonds is 4. The first-order chi connectivity index (χ1) is 10.6. The lowest BCUT2D eigenvalue weighted by Gasteiger charge is -2.17. The summed E-state index contributed by atoms with van der Waals surface area (Å²) in [7, 11) is 0. The number of nitrogens with zero attached hydrogens (tertiary/aromatic N) is 1. The Morgan fingerprint density at radius 1 is 1.00 bits per heavy atom. The van der Waals surface area contributed by atoms with Gasteiger partial charge in [-0.25, -0.2) is 0 Å². The van der Waals surface area contributed by atoms with Gasteiger partial charge < -0.3 is 4.90 Å². The summed E-state index contributed by atoms with van der Waals surface area (Å²) in [6, 6.07) is 7.57. The van der Waals surface area contributed by atoms with E-state index in [0.29, 0.717) is 30.2 Å². The zero-order valence-corrected chi connectivity index (χ0v) is 13.1. The fraction of sp³-hybridized carbons (Fsp3) is 0.474. The van der Waals surface area contributed by atoms with Crippen molar-refractivity contribution < 1.29 is 9.59 Å². The minimum absolute atomic E-state index is 0.0617. The van der Waals surface area contributed by atoms with Crippen molar-refractivity contribution in [2.24, 2.45) is 11.8 Å². The van der Waals surface area contributed by atoms with Crippen molar-refractivity contribution in [3.05, 3.63) is 47.5 Å². The first kappa shape index (κ1) is 15.0. The molecule has 0 radical (unpaired) electrons. The number of allylic oxidation sites excluding steroid dienone is 2. The van der Waals surface area contributed by atoms with Crippen LogP contribution >= 0.6 is 0 Å². The van der Waals surface area contributed by atoms with Crippen molar-refractivity contribution in [1.82, 2.24) is 4.90 Å². The highest BCUT2D eigenvalue weighted by molar-refractivity contribution is 5.98. The molecule has 0 N–H and O–H groups in total. The van der Waals surface area contributed by atoms with E-state index in [-0.39, 0.29) is 11.7 Å². The van der Waals surface area contributed by atoms with E-state index in [1.165, 1.54) is 0 Å². The molecule has 3 nitrogen and oxygen atoms in total. The van der Waals surface area contributed by atoms with Crippen LogP contribution in [0.1, 0.15) is 41.6 Å². The summed E-state index contributed by atoms with van der Waals surface area (Å²) in [6.45, 7) is 3.73. The van der Waals surface area contributed by atoms with Gasteiger partial charge in [-0.2, -0.15) is 0 Å². The fourth-order valence-electron chi connectivity index (χ4n) is 3.48. The lowest BCUT2D eigenvalue weighted by Crippen LogP contribution is -2.29. The molecule has 2 atom stereocenters. The maximum Gasteiger partial charge on any atom is 0.223 e. The van der Waals surface area contributed by atoms with Gasteiger partial charge in [-0.15, -0.1) is 0 Å². The molecule has 0 bridgehead atoms. The highest BCUT2D eigenvalue weighted by atomic mass is 16.2. The Balaban J connectivity index is 1.50. The van der Waals surface area contributed by atoms with E-state index in [4.69, 9.17) is 0 Å². The molecular formula is C19H23NO2. The average molecular weight is 297 g/mol. The zero-order chi connectivity index (χ0) is 15.5. The number of hydrogen-bond acceptors (Lipinski definition) is 2. The third-order valence-electron chi connectivity index (χ3n) is 4.91. The Kier molecular flexibility index (Phi) is 4.41. The van der Waals surface area contributed by atoms with Gasteiger partial charge in [0.25, 0.3) is 0 Å². The van der Waals surface area contributed by atoms with Crippen LogP contribution in [0.25, 0.3) is 0 Å². The summed E-state index contributed by atoms with van der Waals surface area (Å²) in [5, 5.41) is 0. The van der Waals surface area contributed by atoms with Gasteiger partial charge in [0.1, 0.15) is 0 Å². The Hall–Kier alpha value is -1.90. The highest BCUT2D eigenvalue weighted by Crippen LogP contribution is 2.33. The number of amides is 1. The van der Waals surface area contributed by atoms with Crippen LogP contribution in [0, 0.1) is 18.8 Å². The molecule has 1 aliphatic heterocycles. The van der Waals surface area contributed by atoms with E-state index in [1.54, 1.807) is 0 Å². The molecular weight excluding hydrogens is 274 g/mol. The first-order valence-corrected chi connectivity index (χ1v) is 8.16. The second kappa shape index (κ2) is 6.47. The quantitative estimate of drug-likeness (QED) is 0.631. The van der Waals surface area contributed by atoms with E-state index in [2.05, 4.69) is 12.2 Å². The molecule has 0 saturated carbocycles. The van der Waals surface area contributed by atoms with Crippen LogP contribution in [0.5, 0.6) is 0 Å². The number of hydrogen-bond donors (Lipinski definition) is 0. The first-order valence-electron chi connectivity index (χ1n) is 8.16. The van der Waals surface area contributed by atoms with E-state index in [0.717, 1.165) is 31.5 Å².